The molecule has 1 atom stereocenters. The van der Waals surface area contributed by atoms with Crippen molar-refractivity contribution in [3.63, 3.8) is 0 Å². The summed E-state index contributed by atoms with van der Waals surface area (Å²) in [5.74, 6) is -0.812. The second-order valence-corrected chi connectivity index (χ2v) is 26.6. The third-order valence-corrected chi connectivity index (χ3v) is 18.1. The monoisotopic (exact) mass is 1170 g/mol. The van der Waals surface area contributed by atoms with Crippen LogP contribution in [0.1, 0.15) is 457 Å². The second-order valence-electron chi connectivity index (χ2n) is 26.6. The van der Waals surface area contributed by atoms with Gasteiger partial charge in [0, 0.05) is 19.3 Å². The molecule has 0 N–H and O–H groups in total. The van der Waals surface area contributed by atoms with Crippen LogP contribution < -0.4 is 0 Å². The molecule has 6 heteroatoms. The van der Waals surface area contributed by atoms with E-state index in [9.17, 15) is 14.4 Å². The first kappa shape index (κ1) is 81.4. The van der Waals surface area contributed by atoms with Gasteiger partial charge in [0.2, 0.25) is 0 Å². The maximum Gasteiger partial charge on any atom is 0.306 e. The first-order valence-corrected chi connectivity index (χ1v) is 38.5. The Labute approximate surface area is 520 Å². The predicted octanol–water partition coefficient (Wildman–Crippen LogP) is 26.6. The first-order valence-electron chi connectivity index (χ1n) is 38.5. The highest BCUT2D eigenvalue weighted by molar-refractivity contribution is 5.71. The maximum absolute atomic E-state index is 13.0. The molecule has 0 fully saturated rings. The molecule has 0 aromatic carbocycles. The van der Waals surface area contributed by atoms with Gasteiger partial charge in [-0.15, -0.1) is 0 Å². The van der Waals surface area contributed by atoms with Crippen LogP contribution in [0.25, 0.3) is 0 Å². The minimum absolute atomic E-state index is 0.0597. The topological polar surface area (TPSA) is 78.9 Å². The fraction of sp³-hybridized carbons (Fsp3) is 0.961. The Bertz CT molecular complexity index is 1250. The summed E-state index contributed by atoms with van der Waals surface area (Å²) in [6, 6.07) is 0. The summed E-state index contributed by atoms with van der Waals surface area (Å²) >= 11 is 0. The van der Waals surface area contributed by atoms with Crippen LogP contribution in [0.5, 0.6) is 0 Å². The fourth-order valence-electron chi connectivity index (χ4n) is 12.3. The van der Waals surface area contributed by atoms with Crippen molar-refractivity contribution < 1.29 is 28.6 Å². The van der Waals surface area contributed by atoms with Gasteiger partial charge in [0.25, 0.3) is 0 Å². The van der Waals surface area contributed by atoms with Crippen molar-refractivity contribution in [3.8, 4) is 0 Å². The number of rotatable bonds is 73. The molecule has 0 radical (unpaired) electrons. The summed E-state index contributed by atoms with van der Waals surface area (Å²) in [5, 5.41) is 0. The number of unbranched alkanes of at least 4 members (excludes halogenated alkanes) is 62. The molecule has 0 amide bonds. The smallest absolute Gasteiger partial charge is 0.306 e. The van der Waals surface area contributed by atoms with Crippen molar-refractivity contribution in [1.29, 1.82) is 0 Å². The van der Waals surface area contributed by atoms with Gasteiger partial charge in [-0.05, 0) is 19.3 Å². The minimum atomic E-state index is -0.764. The molecule has 0 heterocycles. The molecule has 83 heavy (non-hydrogen) atoms. The average Bonchev–Trinajstić information content (AvgIpc) is 3.49. The van der Waals surface area contributed by atoms with Crippen LogP contribution in [0.2, 0.25) is 0 Å². The summed E-state index contributed by atoms with van der Waals surface area (Å²) in [4.78, 5) is 38.6. The highest BCUT2D eigenvalue weighted by atomic mass is 16.6. The van der Waals surface area contributed by atoms with Crippen molar-refractivity contribution in [2.24, 2.45) is 0 Å². The van der Waals surface area contributed by atoms with Gasteiger partial charge in [0.1, 0.15) is 13.2 Å². The minimum Gasteiger partial charge on any atom is -0.462 e. The van der Waals surface area contributed by atoms with E-state index < -0.39 is 6.10 Å². The summed E-state index contributed by atoms with van der Waals surface area (Å²) in [6.07, 6.45) is 87.2. The van der Waals surface area contributed by atoms with E-state index in [1.54, 1.807) is 0 Å². The standard InChI is InChI=1S/C77H150O6/c1-4-7-10-13-16-19-22-25-28-31-34-36-37-38-39-40-41-44-46-49-52-55-58-61-64-67-70-76(79)82-73-74(72-81-75(78)69-66-63-60-57-54-51-48-45-42-33-30-27-24-21-18-15-12-9-6-3)83-77(80)71-68-65-62-59-56-53-50-47-43-35-32-29-26-23-20-17-14-11-8-5-2/h74H,4-73H2,1-3H3. The Morgan fingerprint density at radius 1 is 0.193 bits per heavy atom. The summed E-state index contributed by atoms with van der Waals surface area (Å²) < 4.78 is 17.1. The Morgan fingerprint density at radius 2 is 0.325 bits per heavy atom. The van der Waals surface area contributed by atoms with E-state index >= 15 is 0 Å². The van der Waals surface area contributed by atoms with Crippen LogP contribution in [0.4, 0.5) is 0 Å². The van der Waals surface area contributed by atoms with Gasteiger partial charge >= 0.3 is 17.9 Å². The van der Waals surface area contributed by atoms with E-state index in [1.807, 2.05) is 0 Å². The zero-order valence-electron chi connectivity index (χ0n) is 57.0. The average molecular weight is 1170 g/mol. The molecule has 0 saturated carbocycles. The number of ether oxygens (including phenoxy) is 3. The number of hydrogen-bond donors (Lipinski definition) is 0. The van der Waals surface area contributed by atoms with Gasteiger partial charge in [-0.25, -0.2) is 0 Å². The molecular formula is C77H150O6. The highest BCUT2D eigenvalue weighted by Gasteiger charge is 2.20. The van der Waals surface area contributed by atoms with E-state index in [-0.39, 0.29) is 31.1 Å². The SMILES string of the molecule is CCCCCCCCCCCCCCCCCCCCCCCCCCCCC(=O)OCC(COC(=O)CCCCCCCCCCCCCCCCCCCCC)OC(=O)CCCCCCCCCCCCCCCCCCCCCC. The number of hydrogen-bond acceptors (Lipinski definition) is 6. The lowest BCUT2D eigenvalue weighted by Crippen LogP contribution is -2.30. The van der Waals surface area contributed by atoms with Crippen LogP contribution in [-0.2, 0) is 28.6 Å². The van der Waals surface area contributed by atoms with Gasteiger partial charge in [-0.2, -0.15) is 0 Å². The summed E-state index contributed by atoms with van der Waals surface area (Å²) in [6.45, 7) is 6.76. The zero-order chi connectivity index (χ0) is 59.9. The third kappa shape index (κ3) is 71.1. The lowest BCUT2D eigenvalue weighted by molar-refractivity contribution is -0.167. The van der Waals surface area contributed by atoms with Crippen LogP contribution >= 0.6 is 0 Å². The molecular weight excluding hydrogens is 1020 g/mol. The molecule has 494 valence electrons. The highest BCUT2D eigenvalue weighted by Crippen LogP contribution is 2.20. The fourth-order valence-corrected chi connectivity index (χ4v) is 12.3. The van der Waals surface area contributed by atoms with Crippen LogP contribution in [0.15, 0.2) is 0 Å². The summed E-state index contributed by atoms with van der Waals surface area (Å²) in [5.41, 5.74) is 0. The van der Waals surface area contributed by atoms with Gasteiger partial charge in [-0.3, -0.25) is 14.4 Å². The maximum atomic E-state index is 13.0. The molecule has 0 aliphatic heterocycles. The van der Waals surface area contributed by atoms with E-state index in [0.29, 0.717) is 19.3 Å². The van der Waals surface area contributed by atoms with Crippen LogP contribution in [0.3, 0.4) is 0 Å². The molecule has 0 aromatic heterocycles. The Balaban J connectivity index is 4.23. The molecule has 0 aromatic rings. The first-order chi connectivity index (χ1) is 41.0. The number of esters is 3. The molecule has 0 rings (SSSR count). The second kappa shape index (κ2) is 72.9. The van der Waals surface area contributed by atoms with Gasteiger partial charge < -0.3 is 14.2 Å². The quantitative estimate of drug-likeness (QED) is 0.0343. The van der Waals surface area contributed by atoms with Crippen molar-refractivity contribution in [1.82, 2.24) is 0 Å². The van der Waals surface area contributed by atoms with Crippen LogP contribution in [0, 0.1) is 0 Å². The molecule has 1 unspecified atom stereocenters. The van der Waals surface area contributed by atoms with E-state index in [1.165, 1.54) is 360 Å². The third-order valence-electron chi connectivity index (χ3n) is 18.1. The normalized spacial score (nSPS) is 11.9. The number of carbonyl (C=O) groups excluding carboxylic acids is 3. The van der Waals surface area contributed by atoms with Gasteiger partial charge in [0.15, 0.2) is 6.10 Å². The van der Waals surface area contributed by atoms with E-state index in [4.69, 9.17) is 14.2 Å². The van der Waals surface area contributed by atoms with Crippen molar-refractivity contribution in [2.75, 3.05) is 13.2 Å². The molecule has 6 nitrogen and oxygen atoms in total. The molecule has 0 bridgehead atoms. The molecule has 0 spiro atoms. The number of carbonyl (C=O) groups is 3. The van der Waals surface area contributed by atoms with Crippen molar-refractivity contribution in [3.05, 3.63) is 0 Å². The van der Waals surface area contributed by atoms with Crippen molar-refractivity contribution >= 4 is 17.9 Å². The van der Waals surface area contributed by atoms with E-state index in [2.05, 4.69) is 20.8 Å². The Kier molecular flexibility index (Phi) is 71.5. The Hall–Kier alpha value is -1.59. The predicted molar refractivity (Wildman–Crippen MR) is 363 cm³/mol. The largest absolute Gasteiger partial charge is 0.462 e. The van der Waals surface area contributed by atoms with E-state index in [0.717, 1.165) is 57.8 Å². The lowest BCUT2D eigenvalue weighted by atomic mass is 10.0. The molecule has 0 saturated heterocycles. The van der Waals surface area contributed by atoms with Crippen LogP contribution in [-0.4, -0.2) is 37.2 Å². The van der Waals surface area contributed by atoms with Gasteiger partial charge in [-0.1, -0.05) is 419 Å². The Morgan fingerprint density at radius 3 is 0.482 bits per heavy atom. The zero-order valence-corrected chi connectivity index (χ0v) is 57.0. The van der Waals surface area contributed by atoms with Gasteiger partial charge in [0.05, 0.1) is 0 Å². The van der Waals surface area contributed by atoms with Crippen molar-refractivity contribution in [2.45, 2.75) is 463 Å². The molecule has 0 aliphatic rings. The molecule has 0 aliphatic carbocycles. The summed E-state index contributed by atoms with van der Waals surface area (Å²) in [7, 11) is 0. The lowest BCUT2D eigenvalue weighted by Gasteiger charge is -2.18.